The maximum atomic E-state index is 12.2. The smallest absolute Gasteiger partial charge is 0.250 e. The zero-order valence-electron chi connectivity index (χ0n) is 11.6. The summed E-state index contributed by atoms with van der Waals surface area (Å²) in [4.78, 5) is 0.404. The summed E-state index contributed by atoms with van der Waals surface area (Å²) >= 11 is 0.994. The Hall–Kier alpha value is -0.940. The predicted molar refractivity (Wildman–Crippen MR) is 79.0 cm³/mol. The average molecular weight is 313 g/mol. The highest BCUT2D eigenvalue weighted by Gasteiger charge is 2.32. The highest BCUT2D eigenvalue weighted by Crippen LogP contribution is 2.30. The van der Waals surface area contributed by atoms with Crippen molar-refractivity contribution in [3.63, 3.8) is 0 Å². The zero-order chi connectivity index (χ0) is 14.8. The van der Waals surface area contributed by atoms with Crippen LogP contribution in [-0.2, 0) is 10.0 Å². The van der Waals surface area contributed by atoms with Crippen molar-refractivity contribution < 1.29 is 8.42 Å². The molecule has 1 unspecified atom stereocenters. The zero-order valence-corrected chi connectivity index (χ0v) is 13.3. The molecule has 5 nitrogen and oxygen atoms in total. The monoisotopic (exact) mass is 313 g/mol. The van der Waals surface area contributed by atoms with E-state index >= 15 is 0 Å². The first-order valence-corrected chi connectivity index (χ1v) is 8.88. The lowest BCUT2D eigenvalue weighted by molar-refractivity contribution is 0.182. The summed E-state index contributed by atoms with van der Waals surface area (Å²) in [5, 5.41) is 12.1. The van der Waals surface area contributed by atoms with Crippen molar-refractivity contribution in [1.82, 2.24) is 10.0 Å². The third-order valence-electron chi connectivity index (χ3n) is 3.77. The summed E-state index contributed by atoms with van der Waals surface area (Å²) in [5.74, 6) is 0. The lowest BCUT2D eigenvalue weighted by atomic mass is 9.78. The lowest BCUT2D eigenvalue weighted by Gasteiger charge is -2.39. The van der Waals surface area contributed by atoms with E-state index in [1.165, 1.54) is 12.1 Å². The fourth-order valence-electron chi connectivity index (χ4n) is 2.41. The molecule has 0 radical (unpaired) electrons. The first-order valence-electron chi connectivity index (χ1n) is 6.58. The van der Waals surface area contributed by atoms with Gasteiger partial charge in [-0.3, -0.25) is 0 Å². The number of hydrogen-bond acceptors (Lipinski definition) is 5. The molecular weight excluding hydrogens is 294 g/mol. The Morgan fingerprint density at radius 1 is 1.55 bits per heavy atom. The maximum Gasteiger partial charge on any atom is 0.250 e. The molecule has 0 spiro atoms. The van der Waals surface area contributed by atoms with E-state index in [0.29, 0.717) is 11.4 Å². The molecule has 0 aromatic carbocycles. The van der Waals surface area contributed by atoms with Crippen molar-refractivity contribution in [2.45, 2.75) is 36.9 Å². The van der Waals surface area contributed by atoms with Gasteiger partial charge in [0.2, 0.25) is 10.0 Å². The molecule has 1 aliphatic heterocycles. The summed E-state index contributed by atoms with van der Waals surface area (Å²) < 4.78 is 27.2. The molecular formula is C13H19N3O2S2. The summed E-state index contributed by atoms with van der Waals surface area (Å²) in [7, 11) is -3.52. The van der Waals surface area contributed by atoms with Gasteiger partial charge in [0.1, 0.15) is 15.2 Å². The van der Waals surface area contributed by atoms with E-state index in [2.05, 4.69) is 23.9 Å². The van der Waals surface area contributed by atoms with E-state index in [9.17, 15) is 8.42 Å². The Labute approximate surface area is 124 Å². The number of piperidine rings is 1. The van der Waals surface area contributed by atoms with Crippen LogP contribution < -0.4 is 10.0 Å². The second-order valence-electron chi connectivity index (χ2n) is 5.68. The van der Waals surface area contributed by atoms with Gasteiger partial charge < -0.3 is 5.32 Å². The molecule has 2 N–H and O–H groups in total. The third-order valence-corrected chi connectivity index (χ3v) is 6.67. The minimum absolute atomic E-state index is 0.0774. The predicted octanol–water partition coefficient (Wildman–Crippen LogP) is 1.68. The second-order valence-corrected chi connectivity index (χ2v) is 8.76. The average Bonchev–Trinajstić information content (AvgIpc) is 2.86. The molecule has 7 heteroatoms. The molecule has 0 bridgehead atoms. The van der Waals surface area contributed by atoms with Crippen LogP contribution in [0, 0.1) is 16.7 Å². The Morgan fingerprint density at radius 2 is 2.30 bits per heavy atom. The van der Waals surface area contributed by atoms with Crippen LogP contribution in [0.2, 0.25) is 0 Å². The van der Waals surface area contributed by atoms with Crippen LogP contribution in [0.15, 0.2) is 16.3 Å². The third kappa shape index (κ3) is 3.38. The standard InChI is InChI=1S/C13H19N3O2S2/c1-13(2)6-3-7-15-11(13)9-16-20(17,18)12-5-4-10(8-14)19-12/h4-5,11,15-16H,3,6-7,9H2,1-2H3. The Bertz CT molecular complexity index is 614. The van der Waals surface area contributed by atoms with Gasteiger partial charge in [-0.15, -0.1) is 11.3 Å². The van der Waals surface area contributed by atoms with Crippen molar-refractivity contribution >= 4 is 21.4 Å². The van der Waals surface area contributed by atoms with Crippen molar-refractivity contribution in [3.8, 4) is 6.07 Å². The number of nitriles is 1. The highest BCUT2D eigenvalue weighted by molar-refractivity contribution is 7.91. The summed E-state index contributed by atoms with van der Waals surface area (Å²) in [6.07, 6.45) is 2.21. The van der Waals surface area contributed by atoms with Gasteiger partial charge in [-0.25, -0.2) is 13.1 Å². The van der Waals surface area contributed by atoms with Crippen LogP contribution >= 0.6 is 11.3 Å². The van der Waals surface area contributed by atoms with Crippen LogP contribution in [0.25, 0.3) is 0 Å². The number of thiophene rings is 1. The van der Waals surface area contributed by atoms with Gasteiger partial charge in [0.25, 0.3) is 0 Å². The molecule has 1 fully saturated rings. The Balaban J connectivity index is 2.04. The van der Waals surface area contributed by atoms with Gasteiger partial charge >= 0.3 is 0 Å². The van der Waals surface area contributed by atoms with Gasteiger partial charge in [-0.1, -0.05) is 13.8 Å². The molecule has 1 aromatic rings. The Morgan fingerprint density at radius 3 is 2.90 bits per heavy atom. The minimum atomic E-state index is -3.52. The second kappa shape index (κ2) is 5.82. The Kier molecular flexibility index (Phi) is 4.49. The molecule has 1 aliphatic rings. The van der Waals surface area contributed by atoms with Gasteiger partial charge in [-0.2, -0.15) is 5.26 Å². The maximum absolute atomic E-state index is 12.2. The van der Waals surface area contributed by atoms with Gasteiger partial charge in [-0.05, 0) is 36.9 Å². The van der Waals surface area contributed by atoms with Crippen LogP contribution in [0.4, 0.5) is 0 Å². The largest absolute Gasteiger partial charge is 0.312 e. The topological polar surface area (TPSA) is 82.0 Å². The van der Waals surface area contributed by atoms with E-state index < -0.39 is 10.0 Å². The van der Waals surface area contributed by atoms with E-state index in [1.54, 1.807) is 0 Å². The molecule has 1 saturated heterocycles. The number of hydrogen-bond donors (Lipinski definition) is 2. The van der Waals surface area contributed by atoms with Crippen LogP contribution in [0.3, 0.4) is 0 Å². The van der Waals surface area contributed by atoms with Gasteiger partial charge in [0, 0.05) is 12.6 Å². The van der Waals surface area contributed by atoms with E-state index in [-0.39, 0.29) is 15.7 Å². The van der Waals surface area contributed by atoms with Crippen LogP contribution in [-0.4, -0.2) is 27.5 Å². The molecule has 110 valence electrons. The van der Waals surface area contributed by atoms with Crippen LogP contribution in [0.5, 0.6) is 0 Å². The van der Waals surface area contributed by atoms with Crippen molar-refractivity contribution in [1.29, 1.82) is 5.26 Å². The van der Waals surface area contributed by atoms with Crippen LogP contribution in [0.1, 0.15) is 31.6 Å². The summed E-state index contributed by atoms with van der Waals surface area (Å²) in [6, 6.07) is 5.09. The number of nitrogens with zero attached hydrogens (tertiary/aromatic N) is 1. The van der Waals surface area contributed by atoms with E-state index in [0.717, 1.165) is 30.7 Å². The molecule has 1 aromatic heterocycles. The highest BCUT2D eigenvalue weighted by atomic mass is 32.2. The first kappa shape index (κ1) is 15.4. The molecule has 2 heterocycles. The minimum Gasteiger partial charge on any atom is -0.312 e. The first-order chi connectivity index (χ1) is 9.35. The van der Waals surface area contributed by atoms with Gasteiger partial charge in [0.05, 0.1) is 0 Å². The lowest BCUT2D eigenvalue weighted by Crippen LogP contribution is -2.52. The van der Waals surface area contributed by atoms with Crippen molar-refractivity contribution in [3.05, 3.63) is 17.0 Å². The fraction of sp³-hybridized carbons (Fsp3) is 0.615. The molecule has 0 saturated carbocycles. The van der Waals surface area contributed by atoms with Gasteiger partial charge in [0.15, 0.2) is 0 Å². The number of rotatable bonds is 4. The quantitative estimate of drug-likeness (QED) is 0.886. The summed E-state index contributed by atoms with van der Waals surface area (Å²) in [6.45, 7) is 5.59. The normalized spacial score (nSPS) is 22.4. The van der Waals surface area contributed by atoms with E-state index in [4.69, 9.17) is 5.26 Å². The molecule has 0 aliphatic carbocycles. The number of nitrogens with one attached hydrogen (secondary N) is 2. The van der Waals surface area contributed by atoms with Crippen molar-refractivity contribution in [2.75, 3.05) is 13.1 Å². The molecule has 1 atom stereocenters. The molecule has 20 heavy (non-hydrogen) atoms. The molecule has 0 amide bonds. The fourth-order valence-corrected chi connectivity index (χ4v) is 4.60. The SMILES string of the molecule is CC1(C)CCCNC1CNS(=O)(=O)c1ccc(C#N)s1. The number of sulfonamides is 1. The van der Waals surface area contributed by atoms with E-state index in [1.807, 2.05) is 6.07 Å². The molecule has 2 rings (SSSR count). The summed E-state index contributed by atoms with van der Waals surface area (Å²) in [5.41, 5.74) is 0.0774. The van der Waals surface area contributed by atoms with Crippen molar-refractivity contribution in [2.24, 2.45) is 5.41 Å².